The molecule has 0 amide bonds. The molecular formula is C20H27NO2. The zero-order chi connectivity index (χ0) is 16.9. The molecule has 0 N–H and O–H groups in total. The van der Waals surface area contributed by atoms with E-state index in [0.717, 1.165) is 24.6 Å². The van der Waals surface area contributed by atoms with Gasteiger partial charge in [0.2, 0.25) is 0 Å². The van der Waals surface area contributed by atoms with Gasteiger partial charge in [0.1, 0.15) is 11.5 Å². The maximum atomic E-state index is 5.37. The molecule has 0 atom stereocenters. The molecule has 0 radical (unpaired) electrons. The van der Waals surface area contributed by atoms with Gasteiger partial charge in [-0.05, 0) is 35.2 Å². The lowest BCUT2D eigenvalue weighted by Gasteiger charge is -2.32. The third kappa shape index (κ3) is 5.20. The summed E-state index contributed by atoms with van der Waals surface area (Å²) < 4.78 is 10.6. The van der Waals surface area contributed by atoms with Crippen LogP contribution in [0.15, 0.2) is 48.5 Å². The zero-order valence-corrected chi connectivity index (χ0v) is 14.8. The number of anilines is 1. The Morgan fingerprint density at radius 1 is 0.870 bits per heavy atom. The Balaban J connectivity index is 2.25. The van der Waals surface area contributed by atoms with Crippen LogP contribution in [0.25, 0.3) is 0 Å². The lowest BCUT2D eigenvalue weighted by Crippen LogP contribution is -2.32. The fourth-order valence-electron chi connectivity index (χ4n) is 2.57. The molecule has 124 valence electrons. The molecule has 0 spiro atoms. The first-order valence-electron chi connectivity index (χ1n) is 7.93. The van der Waals surface area contributed by atoms with Crippen LogP contribution in [-0.4, -0.2) is 20.8 Å². The fourth-order valence-corrected chi connectivity index (χ4v) is 2.57. The lowest BCUT2D eigenvalue weighted by atomic mass is 9.95. The van der Waals surface area contributed by atoms with E-state index in [9.17, 15) is 0 Å². The van der Waals surface area contributed by atoms with Crippen LogP contribution >= 0.6 is 0 Å². The largest absolute Gasteiger partial charge is 0.497 e. The molecule has 0 aliphatic heterocycles. The maximum Gasteiger partial charge on any atom is 0.120 e. The Labute approximate surface area is 139 Å². The second-order valence-electron chi connectivity index (χ2n) is 6.97. The summed E-state index contributed by atoms with van der Waals surface area (Å²) in [5.41, 5.74) is 2.64. The minimum absolute atomic E-state index is 0.204. The van der Waals surface area contributed by atoms with E-state index in [0.29, 0.717) is 0 Å². The molecule has 23 heavy (non-hydrogen) atoms. The number of ether oxygens (including phenoxy) is 2. The summed E-state index contributed by atoms with van der Waals surface area (Å²) in [6.45, 7) is 8.59. The highest BCUT2D eigenvalue weighted by atomic mass is 16.5. The highest BCUT2D eigenvalue weighted by molar-refractivity contribution is 5.51. The van der Waals surface area contributed by atoms with Crippen molar-refractivity contribution in [3.8, 4) is 11.5 Å². The average molecular weight is 313 g/mol. The van der Waals surface area contributed by atoms with Gasteiger partial charge in [0, 0.05) is 24.8 Å². The predicted molar refractivity (Wildman–Crippen MR) is 96.5 cm³/mol. The molecule has 0 aliphatic rings. The summed E-state index contributed by atoms with van der Waals surface area (Å²) in [7, 11) is 3.40. The van der Waals surface area contributed by atoms with Gasteiger partial charge in [0.15, 0.2) is 0 Å². The van der Waals surface area contributed by atoms with Gasteiger partial charge in [0.25, 0.3) is 0 Å². The van der Waals surface area contributed by atoms with Crippen molar-refractivity contribution in [1.29, 1.82) is 0 Å². The third-order valence-corrected chi connectivity index (χ3v) is 3.62. The molecule has 3 heteroatoms. The molecule has 2 aromatic carbocycles. The molecule has 0 fully saturated rings. The van der Waals surface area contributed by atoms with Crippen molar-refractivity contribution in [3.63, 3.8) is 0 Å². The number of methoxy groups -OCH3 is 2. The molecule has 2 aromatic rings. The molecule has 0 aliphatic carbocycles. The van der Waals surface area contributed by atoms with Gasteiger partial charge in [0.05, 0.1) is 14.2 Å². The van der Waals surface area contributed by atoms with Crippen molar-refractivity contribution in [2.45, 2.75) is 27.3 Å². The van der Waals surface area contributed by atoms with Crippen LogP contribution in [0.3, 0.4) is 0 Å². The van der Waals surface area contributed by atoms with Gasteiger partial charge in [-0.3, -0.25) is 0 Å². The van der Waals surface area contributed by atoms with E-state index in [2.05, 4.69) is 49.9 Å². The fraction of sp³-hybridized carbons (Fsp3) is 0.400. The van der Waals surface area contributed by atoms with Crippen LogP contribution in [0.1, 0.15) is 26.3 Å². The van der Waals surface area contributed by atoms with Crippen molar-refractivity contribution in [2.24, 2.45) is 5.41 Å². The van der Waals surface area contributed by atoms with Crippen LogP contribution in [-0.2, 0) is 6.54 Å². The number of benzene rings is 2. The molecule has 3 nitrogen and oxygen atoms in total. The van der Waals surface area contributed by atoms with Crippen LogP contribution in [0.4, 0.5) is 5.69 Å². The van der Waals surface area contributed by atoms with E-state index in [1.165, 1.54) is 11.3 Å². The summed E-state index contributed by atoms with van der Waals surface area (Å²) >= 11 is 0. The van der Waals surface area contributed by atoms with Crippen LogP contribution in [0, 0.1) is 5.41 Å². The van der Waals surface area contributed by atoms with E-state index < -0.39 is 0 Å². The van der Waals surface area contributed by atoms with Gasteiger partial charge in [-0.2, -0.15) is 0 Å². The Morgan fingerprint density at radius 3 is 2.09 bits per heavy atom. The normalized spacial score (nSPS) is 11.2. The predicted octanol–water partition coefficient (Wildman–Crippen LogP) is 4.76. The number of nitrogens with zero attached hydrogens (tertiary/aromatic N) is 1. The average Bonchev–Trinajstić information content (AvgIpc) is 2.54. The van der Waals surface area contributed by atoms with Crippen LogP contribution in [0.5, 0.6) is 11.5 Å². The van der Waals surface area contributed by atoms with E-state index >= 15 is 0 Å². The molecule has 0 unspecified atom stereocenters. The van der Waals surface area contributed by atoms with Gasteiger partial charge < -0.3 is 14.4 Å². The first-order valence-corrected chi connectivity index (χ1v) is 7.93. The van der Waals surface area contributed by atoms with E-state index in [4.69, 9.17) is 9.47 Å². The molecule has 0 bridgehead atoms. The number of hydrogen-bond acceptors (Lipinski definition) is 3. The number of hydrogen-bond donors (Lipinski definition) is 0. The van der Waals surface area contributed by atoms with Crippen molar-refractivity contribution in [2.75, 3.05) is 25.7 Å². The third-order valence-electron chi connectivity index (χ3n) is 3.62. The molecule has 0 aromatic heterocycles. The topological polar surface area (TPSA) is 21.7 Å². The lowest BCUT2D eigenvalue weighted by molar-refractivity contribution is 0.404. The van der Waals surface area contributed by atoms with Crippen LogP contribution < -0.4 is 14.4 Å². The molecule has 0 heterocycles. The molecule has 0 saturated heterocycles. The summed E-state index contributed by atoms with van der Waals surface area (Å²) in [4.78, 5) is 2.39. The first-order chi connectivity index (χ1) is 10.9. The minimum Gasteiger partial charge on any atom is -0.497 e. The van der Waals surface area contributed by atoms with Crippen molar-refractivity contribution >= 4 is 5.69 Å². The van der Waals surface area contributed by atoms with E-state index in [-0.39, 0.29) is 5.41 Å². The summed E-state index contributed by atoms with van der Waals surface area (Å²) in [5.74, 6) is 1.77. The Hall–Kier alpha value is -2.16. The molecule has 2 rings (SSSR count). The van der Waals surface area contributed by atoms with E-state index in [1.54, 1.807) is 14.2 Å². The van der Waals surface area contributed by atoms with Gasteiger partial charge >= 0.3 is 0 Å². The zero-order valence-electron chi connectivity index (χ0n) is 14.8. The second-order valence-corrected chi connectivity index (χ2v) is 6.97. The molecular weight excluding hydrogens is 286 g/mol. The molecule has 0 saturated carbocycles. The van der Waals surface area contributed by atoms with Crippen molar-refractivity contribution < 1.29 is 9.47 Å². The Bertz CT molecular complexity index is 614. The minimum atomic E-state index is 0.204. The highest BCUT2D eigenvalue weighted by Crippen LogP contribution is 2.27. The Kier molecular flexibility index (Phi) is 5.54. The quantitative estimate of drug-likeness (QED) is 0.767. The monoisotopic (exact) mass is 313 g/mol. The van der Waals surface area contributed by atoms with Gasteiger partial charge in [-0.15, -0.1) is 0 Å². The van der Waals surface area contributed by atoms with Crippen LogP contribution in [0.2, 0.25) is 0 Å². The number of rotatable bonds is 6. The smallest absolute Gasteiger partial charge is 0.120 e. The van der Waals surface area contributed by atoms with E-state index in [1.807, 2.05) is 24.3 Å². The standard InChI is InChI=1S/C20H27NO2/c1-20(2,3)15-21(17-7-6-8-19(13-17)23-5)14-16-9-11-18(22-4)12-10-16/h6-13H,14-15H2,1-5H3. The second kappa shape index (κ2) is 7.40. The first kappa shape index (κ1) is 17.2. The Morgan fingerprint density at radius 2 is 1.52 bits per heavy atom. The summed E-state index contributed by atoms with van der Waals surface area (Å²) in [5, 5.41) is 0. The van der Waals surface area contributed by atoms with Crippen molar-refractivity contribution in [1.82, 2.24) is 0 Å². The van der Waals surface area contributed by atoms with Crippen molar-refractivity contribution in [3.05, 3.63) is 54.1 Å². The van der Waals surface area contributed by atoms with Gasteiger partial charge in [-0.25, -0.2) is 0 Å². The maximum absolute atomic E-state index is 5.37. The highest BCUT2D eigenvalue weighted by Gasteiger charge is 2.17. The SMILES string of the molecule is COc1ccc(CN(CC(C)(C)C)c2cccc(OC)c2)cc1. The summed E-state index contributed by atoms with van der Waals surface area (Å²) in [6.07, 6.45) is 0. The summed E-state index contributed by atoms with van der Waals surface area (Å²) in [6, 6.07) is 16.5. The van der Waals surface area contributed by atoms with Gasteiger partial charge in [-0.1, -0.05) is 39.0 Å².